The summed E-state index contributed by atoms with van der Waals surface area (Å²) in [6, 6.07) is 0. The molecule has 0 spiro atoms. The van der Waals surface area contributed by atoms with E-state index in [4.69, 9.17) is 0 Å². The van der Waals surface area contributed by atoms with E-state index in [1.54, 1.807) is 0 Å². The van der Waals surface area contributed by atoms with E-state index in [0.29, 0.717) is 0 Å². The fraction of sp³-hybridized carbons (Fsp3) is 0.600. The van der Waals surface area contributed by atoms with Crippen molar-refractivity contribution in [3.63, 3.8) is 0 Å². The number of hydrogen-bond donors (Lipinski definition) is 2. The molecule has 0 aromatic heterocycles. The summed E-state index contributed by atoms with van der Waals surface area (Å²) in [6.45, 7) is 10.3. The summed E-state index contributed by atoms with van der Waals surface area (Å²) in [6.07, 6.45) is 12.0. The van der Waals surface area contributed by atoms with Crippen LogP contribution >= 0.6 is 0 Å². The van der Waals surface area contributed by atoms with Crippen LogP contribution in [0.3, 0.4) is 0 Å². The maximum atomic E-state index is 10.5. The predicted molar refractivity (Wildman–Crippen MR) is 94.7 cm³/mol. The second kappa shape index (κ2) is 9.81. The topological polar surface area (TPSA) is 40.5 Å². The zero-order valence-electron chi connectivity index (χ0n) is 14.4. The highest BCUT2D eigenvalue weighted by molar-refractivity contribution is 5.14. The number of aliphatic hydroxyl groups excluding tert-OH is 2. The highest BCUT2D eigenvalue weighted by Gasteiger charge is 2.20. The van der Waals surface area contributed by atoms with Crippen molar-refractivity contribution in [2.24, 2.45) is 5.92 Å². The Labute approximate surface area is 135 Å². The van der Waals surface area contributed by atoms with Crippen LogP contribution in [0.4, 0.5) is 0 Å². The second-order valence-corrected chi connectivity index (χ2v) is 6.64. The molecule has 1 aliphatic rings. The number of allylic oxidation sites excluding steroid dienone is 5. The van der Waals surface area contributed by atoms with E-state index < -0.39 is 6.10 Å². The van der Waals surface area contributed by atoms with Gasteiger partial charge >= 0.3 is 0 Å². The van der Waals surface area contributed by atoms with Crippen LogP contribution < -0.4 is 0 Å². The summed E-state index contributed by atoms with van der Waals surface area (Å²) >= 11 is 0. The fourth-order valence-electron chi connectivity index (χ4n) is 2.90. The van der Waals surface area contributed by atoms with Gasteiger partial charge in [0.2, 0.25) is 0 Å². The van der Waals surface area contributed by atoms with Gasteiger partial charge in [0.05, 0.1) is 12.7 Å². The number of rotatable bonds is 2. The van der Waals surface area contributed by atoms with Crippen LogP contribution in [-0.2, 0) is 0 Å². The second-order valence-electron chi connectivity index (χ2n) is 6.64. The first-order chi connectivity index (χ1) is 10.4. The van der Waals surface area contributed by atoms with Crippen molar-refractivity contribution in [1.82, 2.24) is 0 Å². The molecule has 2 atom stereocenters. The van der Waals surface area contributed by atoms with E-state index in [-0.39, 0.29) is 12.5 Å². The maximum Gasteiger partial charge on any atom is 0.0789 e. The first-order valence-corrected chi connectivity index (χ1v) is 8.39. The van der Waals surface area contributed by atoms with Crippen LogP contribution in [0.5, 0.6) is 0 Å². The van der Waals surface area contributed by atoms with Crippen molar-refractivity contribution in [2.75, 3.05) is 6.61 Å². The molecule has 0 aromatic rings. The lowest BCUT2D eigenvalue weighted by Crippen LogP contribution is -2.22. The Balaban J connectivity index is 2.93. The van der Waals surface area contributed by atoms with E-state index in [2.05, 4.69) is 39.5 Å². The average molecular weight is 304 g/mol. The van der Waals surface area contributed by atoms with Gasteiger partial charge in [-0.25, -0.2) is 0 Å². The van der Waals surface area contributed by atoms with Crippen LogP contribution in [0.1, 0.15) is 59.3 Å². The van der Waals surface area contributed by atoms with Gasteiger partial charge in [-0.05, 0) is 64.9 Å². The molecule has 22 heavy (non-hydrogen) atoms. The highest BCUT2D eigenvalue weighted by Crippen LogP contribution is 2.25. The summed E-state index contributed by atoms with van der Waals surface area (Å²) in [5.74, 6) is -0.0662. The minimum Gasteiger partial charge on any atom is -0.392 e. The van der Waals surface area contributed by atoms with Gasteiger partial charge in [-0.3, -0.25) is 0 Å². The van der Waals surface area contributed by atoms with E-state index in [1.807, 2.05) is 6.08 Å². The molecule has 0 saturated carbocycles. The molecule has 2 heteroatoms. The van der Waals surface area contributed by atoms with Crippen LogP contribution in [0.25, 0.3) is 0 Å². The van der Waals surface area contributed by atoms with Gasteiger partial charge in [0.15, 0.2) is 0 Å². The van der Waals surface area contributed by atoms with Gasteiger partial charge in [0.1, 0.15) is 0 Å². The molecule has 2 N–H and O–H groups in total. The molecule has 1 aliphatic carbocycles. The van der Waals surface area contributed by atoms with E-state index >= 15 is 0 Å². The van der Waals surface area contributed by atoms with Gasteiger partial charge in [-0.15, -0.1) is 0 Å². The quantitative estimate of drug-likeness (QED) is 0.726. The largest absolute Gasteiger partial charge is 0.392 e. The maximum absolute atomic E-state index is 10.5. The van der Waals surface area contributed by atoms with E-state index in [0.717, 1.165) is 44.1 Å². The van der Waals surface area contributed by atoms with Crippen LogP contribution in [0, 0.1) is 5.92 Å². The number of aliphatic hydroxyl groups is 2. The molecule has 0 amide bonds. The molecule has 0 fully saturated rings. The van der Waals surface area contributed by atoms with Crippen molar-refractivity contribution in [3.05, 3.63) is 47.1 Å². The molecule has 0 aromatic carbocycles. The fourth-order valence-corrected chi connectivity index (χ4v) is 2.90. The Hall–Kier alpha value is -1.12. The molecule has 1 rings (SSSR count). The minimum absolute atomic E-state index is 0.0562. The molecule has 0 radical (unpaired) electrons. The Morgan fingerprint density at radius 1 is 1.05 bits per heavy atom. The summed E-state index contributed by atoms with van der Waals surface area (Å²) in [5, 5.41) is 19.9. The molecular weight excluding hydrogens is 272 g/mol. The molecule has 2 nitrogen and oxygen atoms in total. The SMILES string of the molecule is C=C(CO)[C@@H]1CC/C(C)=C/CC/C(C)=C/CC/C(C)=C/[C@H]1O. The molecule has 0 bridgehead atoms. The Bertz CT molecular complexity index is 454. The van der Waals surface area contributed by atoms with Gasteiger partial charge in [0.25, 0.3) is 0 Å². The lowest BCUT2D eigenvalue weighted by molar-refractivity contribution is 0.155. The lowest BCUT2D eigenvalue weighted by atomic mass is 9.87. The Morgan fingerprint density at radius 3 is 2.18 bits per heavy atom. The Morgan fingerprint density at radius 2 is 1.59 bits per heavy atom. The number of hydrogen-bond acceptors (Lipinski definition) is 2. The molecule has 0 heterocycles. The van der Waals surface area contributed by atoms with Crippen molar-refractivity contribution in [3.8, 4) is 0 Å². The first kappa shape index (κ1) is 18.9. The Kier molecular flexibility index (Phi) is 8.44. The van der Waals surface area contributed by atoms with Crippen molar-refractivity contribution in [2.45, 2.75) is 65.4 Å². The summed E-state index contributed by atoms with van der Waals surface area (Å²) in [5.41, 5.74) is 4.73. The third-order valence-electron chi connectivity index (χ3n) is 4.51. The van der Waals surface area contributed by atoms with Crippen LogP contribution in [0.15, 0.2) is 47.1 Å². The average Bonchev–Trinajstić information content (AvgIpc) is 2.46. The molecule has 0 aliphatic heterocycles. The van der Waals surface area contributed by atoms with Crippen molar-refractivity contribution >= 4 is 0 Å². The predicted octanol–water partition coefficient (Wildman–Crippen LogP) is 4.71. The smallest absolute Gasteiger partial charge is 0.0789 e. The highest BCUT2D eigenvalue weighted by atomic mass is 16.3. The zero-order chi connectivity index (χ0) is 16.5. The molecular formula is C20H32O2. The third kappa shape index (κ3) is 6.76. The van der Waals surface area contributed by atoms with Crippen molar-refractivity contribution in [1.29, 1.82) is 0 Å². The van der Waals surface area contributed by atoms with E-state index in [1.165, 1.54) is 16.7 Å². The van der Waals surface area contributed by atoms with Crippen molar-refractivity contribution < 1.29 is 10.2 Å². The normalized spacial score (nSPS) is 32.7. The van der Waals surface area contributed by atoms with E-state index in [9.17, 15) is 10.2 Å². The molecule has 124 valence electrons. The van der Waals surface area contributed by atoms with Crippen LogP contribution in [0.2, 0.25) is 0 Å². The van der Waals surface area contributed by atoms with Gasteiger partial charge in [-0.2, -0.15) is 0 Å². The third-order valence-corrected chi connectivity index (χ3v) is 4.51. The van der Waals surface area contributed by atoms with Gasteiger partial charge in [0, 0.05) is 5.92 Å². The molecule has 0 unspecified atom stereocenters. The molecule has 0 saturated heterocycles. The zero-order valence-corrected chi connectivity index (χ0v) is 14.4. The monoisotopic (exact) mass is 304 g/mol. The lowest BCUT2D eigenvalue weighted by Gasteiger charge is -2.23. The van der Waals surface area contributed by atoms with Gasteiger partial charge in [-0.1, -0.05) is 41.5 Å². The van der Waals surface area contributed by atoms with Gasteiger partial charge < -0.3 is 10.2 Å². The summed E-state index contributed by atoms with van der Waals surface area (Å²) in [4.78, 5) is 0. The minimum atomic E-state index is -0.555. The van der Waals surface area contributed by atoms with Crippen LogP contribution in [-0.4, -0.2) is 22.9 Å². The summed E-state index contributed by atoms with van der Waals surface area (Å²) in [7, 11) is 0. The standard InChI is InChI=1S/C20H32O2/c1-15-7-5-9-16(2)11-12-19(18(4)14-21)20(22)13-17(3)10-6-8-15/h8-9,13,19-22H,4-7,10-12,14H2,1-3H3/b15-8+,16-9+,17-13+/t19-,20+/m0/s1. The first-order valence-electron chi connectivity index (χ1n) is 8.39. The summed E-state index contributed by atoms with van der Waals surface area (Å²) < 4.78 is 0.